The number of para-hydroxylation sites is 1. The monoisotopic (exact) mass is 353 g/mol. The summed E-state index contributed by atoms with van der Waals surface area (Å²) in [5.74, 6) is -0.169. The summed E-state index contributed by atoms with van der Waals surface area (Å²) in [4.78, 5) is 29.3. The summed E-state index contributed by atoms with van der Waals surface area (Å²) < 4.78 is 15.5. The molecule has 5 nitrogen and oxygen atoms in total. The molecular formula is C20H20FN3O2. The van der Waals surface area contributed by atoms with Crippen LogP contribution < -0.4 is 10.9 Å². The molecule has 3 aromatic rings. The predicted octanol–water partition coefficient (Wildman–Crippen LogP) is 3.82. The molecule has 3 rings (SSSR count). The van der Waals surface area contributed by atoms with Gasteiger partial charge >= 0.3 is 0 Å². The van der Waals surface area contributed by atoms with E-state index in [0.717, 1.165) is 0 Å². The SMILES string of the molecule is Cc1nc2ccccc2c(=O)n1-c1ccc(F)c(NC(=O)CC(C)C)c1. The first kappa shape index (κ1) is 17.8. The van der Waals surface area contributed by atoms with Gasteiger partial charge in [-0.25, -0.2) is 9.37 Å². The number of aromatic nitrogens is 2. The molecule has 2 aromatic carbocycles. The number of nitrogens with one attached hydrogen (secondary N) is 1. The molecule has 0 unspecified atom stereocenters. The summed E-state index contributed by atoms with van der Waals surface area (Å²) in [5, 5.41) is 3.06. The topological polar surface area (TPSA) is 64.0 Å². The first-order valence-electron chi connectivity index (χ1n) is 8.45. The van der Waals surface area contributed by atoms with Crippen molar-refractivity contribution < 1.29 is 9.18 Å². The molecule has 0 fully saturated rings. The van der Waals surface area contributed by atoms with Crippen LogP contribution in [-0.4, -0.2) is 15.5 Å². The Labute approximate surface area is 150 Å². The number of aryl methyl sites for hydroxylation is 1. The third-order valence-corrected chi connectivity index (χ3v) is 4.02. The van der Waals surface area contributed by atoms with E-state index in [4.69, 9.17) is 0 Å². The fraction of sp³-hybridized carbons (Fsp3) is 0.250. The highest BCUT2D eigenvalue weighted by molar-refractivity contribution is 5.91. The highest BCUT2D eigenvalue weighted by Crippen LogP contribution is 2.20. The predicted molar refractivity (Wildman–Crippen MR) is 100 cm³/mol. The second kappa shape index (κ2) is 7.07. The highest BCUT2D eigenvalue weighted by Gasteiger charge is 2.13. The Kier molecular flexibility index (Phi) is 4.84. The molecule has 0 atom stereocenters. The summed E-state index contributed by atoms with van der Waals surface area (Å²) in [6.45, 7) is 5.54. The fourth-order valence-corrected chi connectivity index (χ4v) is 2.87. The van der Waals surface area contributed by atoms with Crippen molar-refractivity contribution in [2.75, 3.05) is 5.32 Å². The van der Waals surface area contributed by atoms with Crippen LogP contribution in [0.5, 0.6) is 0 Å². The molecule has 0 bridgehead atoms. The molecule has 1 N–H and O–H groups in total. The van der Waals surface area contributed by atoms with Crippen LogP contribution in [-0.2, 0) is 4.79 Å². The maximum absolute atomic E-state index is 14.1. The van der Waals surface area contributed by atoms with E-state index in [1.54, 1.807) is 25.1 Å². The molecule has 0 radical (unpaired) electrons. The number of carbonyl (C=O) groups is 1. The molecule has 0 aliphatic heterocycles. The fourth-order valence-electron chi connectivity index (χ4n) is 2.87. The van der Waals surface area contributed by atoms with Crippen molar-refractivity contribution in [2.24, 2.45) is 5.92 Å². The minimum atomic E-state index is -0.551. The largest absolute Gasteiger partial charge is 0.324 e. The van der Waals surface area contributed by atoms with E-state index < -0.39 is 5.82 Å². The van der Waals surface area contributed by atoms with Crippen molar-refractivity contribution >= 4 is 22.5 Å². The Bertz CT molecular complexity index is 1040. The van der Waals surface area contributed by atoms with E-state index in [1.807, 2.05) is 19.9 Å². The highest BCUT2D eigenvalue weighted by atomic mass is 19.1. The lowest BCUT2D eigenvalue weighted by atomic mass is 10.1. The molecule has 1 aromatic heterocycles. The molecule has 134 valence electrons. The van der Waals surface area contributed by atoms with Crippen molar-refractivity contribution in [3.8, 4) is 5.69 Å². The van der Waals surface area contributed by atoms with Gasteiger partial charge in [0.25, 0.3) is 5.56 Å². The summed E-state index contributed by atoms with van der Waals surface area (Å²) in [5.41, 5.74) is 0.873. The number of hydrogen-bond acceptors (Lipinski definition) is 3. The van der Waals surface area contributed by atoms with E-state index in [9.17, 15) is 14.0 Å². The Hall–Kier alpha value is -3.02. The number of halogens is 1. The van der Waals surface area contributed by atoms with E-state index >= 15 is 0 Å². The van der Waals surface area contributed by atoms with Crippen LogP contribution in [0.25, 0.3) is 16.6 Å². The van der Waals surface area contributed by atoms with Gasteiger partial charge in [0.15, 0.2) is 0 Å². The maximum atomic E-state index is 14.1. The molecule has 0 aliphatic carbocycles. The van der Waals surface area contributed by atoms with Crippen LogP contribution in [0.15, 0.2) is 47.3 Å². The van der Waals surface area contributed by atoms with Crippen LogP contribution in [0.2, 0.25) is 0 Å². The first-order chi connectivity index (χ1) is 12.4. The van der Waals surface area contributed by atoms with Crippen molar-refractivity contribution in [2.45, 2.75) is 27.2 Å². The van der Waals surface area contributed by atoms with Crippen LogP contribution in [0.3, 0.4) is 0 Å². The number of rotatable bonds is 4. The smallest absolute Gasteiger partial charge is 0.265 e. The van der Waals surface area contributed by atoms with E-state index in [1.165, 1.54) is 22.8 Å². The minimum absolute atomic E-state index is 0.0487. The van der Waals surface area contributed by atoms with Crippen LogP contribution in [0.4, 0.5) is 10.1 Å². The van der Waals surface area contributed by atoms with Crippen LogP contribution in [0.1, 0.15) is 26.1 Å². The second-order valence-electron chi connectivity index (χ2n) is 6.63. The van der Waals surface area contributed by atoms with Crippen LogP contribution >= 0.6 is 0 Å². The summed E-state index contributed by atoms with van der Waals surface area (Å²) in [6.07, 6.45) is 0.292. The Morgan fingerprint density at radius 2 is 1.96 bits per heavy atom. The van der Waals surface area contributed by atoms with Gasteiger partial charge < -0.3 is 5.32 Å². The number of fused-ring (bicyclic) bond motifs is 1. The van der Waals surface area contributed by atoms with Gasteiger partial charge in [0.05, 0.1) is 22.3 Å². The molecule has 6 heteroatoms. The number of benzene rings is 2. The van der Waals surface area contributed by atoms with Gasteiger partial charge in [0.2, 0.25) is 5.91 Å². The summed E-state index contributed by atoms with van der Waals surface area (Å²) in [6, 6.07) is 11.3. The minimum Gasteiger partial charge on any atom is -0.324 e. The van der Waals surface area contributed by atoms with E-state index in [0.29, 0.717) is 28.8 Å². The van der Waals surface area contributed by atoms with E-state index in [2.05, 4.69) is 10.3 Å². The average molecular weight is 353 g/mol. The van der Waals surface area contributed by atoms with Gasteiger partial charge in [-0.15, -0.1) is 0 Å². The molecule has 0 saturated carbocycles. The number of nitrogens with zero attached hydrogens (tertiary/aromatic N) is 2. The Morgan fingerprint density at radius 1 is 1.23 bits per heavy atom. The maximum Gasteiger partial charge on any atom is 0.265 e. The van der Waals surface area contributed by atoms with Crippen molar-refractivity contribution in [1.82, 2.24) is 9.55 Å². The van der Waals surface area contributed by atoms with Crippen molar-refractivity contribution in [3.05, 3.63) is 64.5 Å². The third-order valence-electron chi connectivity index (χ3n) is 4.02. The van der Waals surface area contributed by atoms with Crippen molar-refractivity contribution in [3.63, 3.8) is 0 Å². The first-order valence-corrected chi connectivity index (χ1v) is 8.45. The quantitative estimate of drug-likeness (QED) is 0.775. The number of hydrogen-bond donors (Lipinski definition) is 1. The van der Waals surface area contributed by atoms with Gasteiger partial charge in [-0.3, -0.25) is 14.2 Å². The molecule has 0 spiro atoms. The molecule has 1 heterocycles. The number of amides is 1. The van der Waals surface area contributed by atoms with Crippen molar-refractivity contribution in [1.29, 1.82) is 0 Å². The summed E-state index contributed by atoms with van der Waals surface area (Å²) in [7, 11) is 0. The zero-order valence-electron chi connectivity index (χ0n) is 14.9. The normalized spacial score (nSPS) is 11.1. The van der Waals surface area contributed by atoms with Gasteiger partial charge in [-0.2, -0.15) is 0 Å². The Morgan fingerprint density at radius 3 is 2.69 bits per heavy atom. The van der Waals surface area contributed by atoms with E-state index in [-0.39, 0.29) is 23.1 Å². The lowest BCUT2D eigenvalue weighted by Gasteiger charge is -2.13. The van der Waals surface area contributed by atoms with Gasteiger partial charge in [-0.1, -0.05) is 26.0 Å². The molecule has 26 heavy (non-hydrogen) atoms. The van der Waals surface area contributed by atoms with Gasteiger partial charge in [0, 0.05) is 6.42 Å². The lowest BCUT2D eigenvalue weighted by Crippen LogP contribution is -2.22. The zero-order valence-corrected chi connectivity index (χ0v) is 14.9. The van der Waals surface area contributed by atoms with Crippen LogP contribution in [0, 0.1) is 18.7 Å². The molecular weight excluding hydrogens is 333 g/mol. The molecule has 1 amide bonds. The molecule has 0 saturated heterocycles. The zero-order chi connectivity index (χ0) is 18.8. The average Bonchev–Trinajstić information content (AvgIpc) is 2.57. The third kappa shape index (κ3) is 3.49. The lowest BCUT2D eigenvalue weighted by molar-refractivity contribution is -0.116. The van der Waals surface area contributed by atoms with Gasteiger partial charge in [0.1, 0.15) is 11.6 Å². The second-order valence-corrected chi connectivity index (χ2v) is 6.63. The Balaban J connectivity index is 2.08. The summed E-state index contributed by atoms with van der Waals surface area (Å²) >= 11 is 0. The number of anilines is 1. The molecule has 0 aliphatic rings. The number of carbonyl (C=O) groups excluding carboxylic acids is 1. The van der Waals surface area contributed by atoms with Gasteiger partial charge in [-0.05, 0) is 43.2 Å². The standard InChI is InChI=1S/C20H20FN3O2/c1-12(2)10-19(25)23-18-11-14(8-9-16(18)21)24-13(3)22-17-7-5-4-6-15(17)20(24)26/h4-9,11-12H,10H2,1-3H3,(H,23,25).